The van der Waals surface area contributed by atoms with E-state index in [4.69, 9.17) is 14.6 Å². The molecular formula is C13H16O4. The molecule has 0 aliphatic heterocycles. The number of carboxylic acid groups (broad SMARTS) is 1. The van der Waals surface area contributed by atoms with Gasteiger partial charge < -0.3 is 14.6 Å². The van der Waals surface area contributed by atoms with Gasteiger partial charge in [0.25, 0.3) is 0 Å². The zero-order valence-electron chi connectivity index (χ0n) is 9.76. The van der Waals surface area contributed by atoms with Gasteiger partial charge in [0.1, 0.15) is 12.4 Å². The molecule has 0 saturated heterocycles. The number of carbonyl (C=O) groups is 1. The molecule has 0 fully saturated rings. The van der Waals surface area contributed by atoms with Crippen LogP contribution in [0.3, 0.4) is 0 Å². The summed E-state index contributed by atoms with van der Waals surface area (Å²) in [7, 11) is 0. The lowest BCUT2D eigenvalue weighted by Gasteiger charge is -2.13. The van der Waals surface area contributed by atoms with Crippen molar-refractivity contribution in [3.8, 4) is 5.75 Å². The van der Waals surface area contributed by atoms with Crippen molar-refractivity contribution < 1.29 is 19.4 Å². The van der Waals surface area contributed by atoms with E-state index >= 15 is 0 Å². The lowest BCUT2D eigenvalue weighted by atomic mass is 10.2. The van der Waals surface area contributed by atoms with E-state index in [0.717, 1.165) is 5.75 Å². The number of ether oxygens (including phenoxy) is 2. The number of benzene rings is 1. The maximum Gasteiger partial charge on any atom is 0.333 e. The molecule has 1 atom stereocenters. The molecule has 92 valence electrons. The molecule has 0 saturated carbocycles. The highest BCUT2D eigenvalue weighted by molar-refractivity contribution is 5.86. The molecule has 0 heterocycles. The second kappa shape index (κ2) is 6.70. The van der Waals surface area contributed by atoms with Gasteiger partial charge in [0.2, 0.25) is 0 Å². The lowest BCUT2D eigenvalue weighted by Crippen LogP contribution is -2.20. The normalized spacial score (nSPS) is 11.8. The molecule has 1 aromatic carbocycles. The van der Waals surface area contributed by atoms with E-state index < -0.39 is 12.1 Å². The van der Waals surface area contributed by atoms with Crippen molar-refractivity contribution in [3.63, 3.8) is 0 Å². The van der Waals surface area contributed by atoms with E-state index in [2.05, 4.69) is 6.58 Å². The standard InChI is InChI=1S/C13H16O4/c1-10(13(14)15)11(2)16-8-9-17-12-6-4-3-5-7-12/h3-7,11H,1,8-9H2,2H3,(H,14,15). The summed E-state index contributed by atoms with van der Waals surface area (Å²) in [6.45, 7) is 5.78. The van der Waals surface area contributed by atoms with Gasteiger partial charge in [-0.15, -0.1) is 0 Å². The van der Waals surface area contributed by atoms with Crippen LogP contribution in [-0.4, -0.2) is 30.4 Å². The Morgan fingerprint density at radius 3 is 2.59 bits per heavy atom. The molecule has 0 bridgehead atoms. The Morgan fingerprint density at radius 2 is 2.00 bits per heavy atom. The fourth-order valence-electron chi connectivity index (χ4n) is 1.18. The minimum Gasteiger partial charge on any atom is -0.491 e. The Morgan fingerprint density at radius 1 is 1.35 bits per heavy atom. The summed E-state index contributed by atoms with van der Waals surface area (Å²) >= 11 is 0. The molecule has 1 rings (SSSR count). The summed E-state index contributed by atoms with van der Waals surface area (Å²) in [6.07, 6.45) is -0.508. The van der Waals surface area contributed by atoms with Crippen LogP contribution in [0.1, 0.15) is 6.92 Å². The van der Waals surface area contributed by atoms with Crippen LogP contribution in [0.4, 0.5) is 0 Å². The zero-order valence-corrected chi connectivity index (χ0v) is 9.76. The van der Waals surface area contributed by atoms with Gasteiger partial charge in [-0.1, -0.05) is 24.8 Å². The fraction of sp³-hybridized carbons (Fsp3) is 0.308. The second-order valence-electron chi connectivity index (χ2n) is 3.50. The van der Waals surface area contributed by atoms with Crippen molar-refractivity contribution in [2.24, 2.45) is 0 Å². The summed E-state index contributed by atoms with van der Waals surface area (Å²) < 4.78 is 10.7. The first-order valence-electron chi connectivity index (χ1n) is 5.33. The van der Waals surface area contributed by atoms with Crippen LogP contribution in [0.15, 0.2) is 42.5 Å². The van der Waals surface area contributed by atoms with Gasteiger partial charge in [-0.2, -0.15) is 0 Å². The van der Waals surface area contributed by atoms with Crippen molar-refractivity contribution in [2.45, 2.75) is 13.0 Å². The summed E-state index contributed by atoms with van der Waals surface area (Å²) in [5.41, 5.74) is 0.0460. The third-order valence-corrected chi connectivity index (χ3v) is 2.23. The summed E-state index contributed by atoms with van der Waals surface area (Å²) in [5, 5.41) is 8.68. The first-order valence-corrected chi connectivity index (χ1v) is 5.33. The van der Waals surface area contributed by atoms with E-state index in [1.807, 2.05) is 30.3 Å². The number of aliphatic carboxylic acids is 1. The Kier molecular flexibility index (Phi) is 5.23. The van der Waals surface area contributed by atoms with E-state index in [0.29, 0.717) is 13.2 Å². The SMILES string of the molecule is C=C(C(=O)O)C(C)OCCOc1ccccc1. The van der Waals surface area contributed by atoms with Gasteiger partial charge >= 0.3 is 5.97 Å². The number of para-hydroxylation sites is 1. The molecule has 1 N–H and O–H groups in total. The van der Waals surface area contributed by atoms with E-state index in [1.165, 1.54) is 0 Å². The highest BCUT2D eigenvalue weighted by Crippen LogP contribution is 2.08. The van der Waals surface area contributed by atoms with Crippen LogP contribution in [0.2, 0.25) is 0 Å². The van der Waals surface area contributed by atoms with Gasteiger partial charge in [-0.05, 0) is 19.1 Å². The molecule has 0 aliphatic rings. The summed E-state index contributed by atoms with van der Waals surface area (Å²) in [5.74, 6) is -0.276. The predicted octanol–water partition coefficient (Wildman–Crippen LogP) is 2.11. The molecule has 0 spiro atoms. The third kappa shape index (κ3) is 4.70. The van der Waals surface area contributed by atoms with E-state index in [-0.39, 0.29) is 5.57 Å². The van der Waals surface area contributed by atoms with Crippen molar-refractivity contribution in [1.82, 2.24) is 0 Å². The Balaban J connectivity index is 2.20. The molecule has 4 nitrogen and oxygen atoms in total. The van der Waals surface area contributed by atoms with Gasteiger partial charge in [0.05, 0.1) is 18.3 Å². The highest BCUT2D eigenvalue weighted by Gasteiger charge is 2.13. The maximum absolute atomic E-state index is 10.6. The number of hydrogen-bond acceptors (Lipinski definition) is 3. The Bertz CT molecular complexity index is 372. The van der Waals surface area contributed by atoms with Crippen LogP contribution in [0.5, 0.6) is 5.75 Å². The highest BCUT2D eigenvalue weighted by atomic mass is 16.5. The van der Waals surface area contributed by atoms with Crippen LogP contribution in [0, 0.1) is 0 Å². The molecule has 0 aliphatic carbocycles. The molecule has 1 aromatic rings. The largest absolute Gasteiger partial charge is 0.491 e. The van der Waals surface area contributed by atoms with Crippen molar-refractivity contribution >= 4 is 5.97 Å². The van der Waals surface area contributed by atoms with Gasteiger partial charge in [-0.25, -0.2) is 4.79 Å². The summed E-state index contributed by atoms with van der Waals surface area (Å²) in [4.78, 5) is 10.6. The average Bonchev–Trinajstić information content (AvgIpc) is 2.34. The predicted molar refractivity (Wildman–Crippen MR) is 64.1 cm³/mol. The van der Waals surface area contributed by atoms with Crippen LogP contribution in [-0.2, 0) is 9.53 Å². The summed E-state index contributed by atoms with van der Waals surface area (Å²) in [6, 6.07) is 9.36. The number of rotatable bonds is 7. The van der Waals surface area contributed by atoms with Gasteiger partial charge in [-0.3, -0.25) is 0 Å². The topological polar surface area (TPSA) is 55.8 Å². The smallest absolute Gasteiger partial charge is 0.333 e. The average molecular weight is 236 g/mol. The maximum atomic E-state index is 10.6. The first kappa shape index (κ1) is 13.3. The minimum atomic E-state index is -1.04. The molecule has 1 unspecified atom stereocenters. The number of hydrogen-bond donors (Lipinski definition) is 1. The molecular weight excluding hydrogens is 220 g/mol. The monoisotopic (exact) mass is 236 g/mol. The molecule has 0 amide bonds. The first-order chi connectivity index (χ1) is 8.11. The third-order valence-electron chi connectivity index (χ3n) is 2.23. The fourth-order valence-corrected chi connectivity index (χ4v) is 1.18. The Hall–Kier alpha value is -1.81. The van der Waals surface area contributed by atoms with E-state index in [1.54, 1.807) is 6.92 Å². The molecule has 0 radical (unpaired) electrons. The Labute approximate surface area is 100 Å². The lowest BCUT2D eigenvalue weighted by molar-refractivity contribution is -0.134. The van der Waals surface area contributed by atoms with Crippen LogP contribution < -0.4 is 4.74 Å². The van der Waals surface area contributed by atoms with Crippen LogP contribution in [0.25, 0.3) is 0 Å². The minimum absolute atomic E-state index is 0.0460. The quantitative estimate of drug-likeness (QED) is 0.582. The molecule has 4 heteroatoms. The zero-order chi connectivity index (χ0) is 12.7. The molecule has 0 aromatic heterocycles. The molecule has 17 heavy (non-hydrogen) atoms. The van der Waals surface area contributed by atoms with Crippen LogP contribution >= 0.6 is 0 Å². The number of carboxylic acids is 1. The van der Waals surface area contributed by atoms with Gasteiger partial charge in [0.15, 0.2) is 0 Å². The van der Waals surface area contributed by atoms with E-state index in [9.17, 15) is 4.79 Å². The van der Waals surface area contributed by atoms with Crippen molar-refractivity contribution in [2.75, 3.05) is 13.2 Å². The van der Waals surface area contributed by atoms with Crippen molar-refractivity contribution in [1.29, 1.82) is 0 Å². The van der Waals surface area contributed by atoms with Gasteiger partial charge in [0, 0.05) is 0 Å². The second-order valence-corrected chi connectivity index (χ2v) is 3.50. The van der Waals surface area contributed by atoms with Crippen molar-refractivity contribution in [3.05, 3.63) is 42.5 Å².